The molecular formula is C17H18N4O. The molecule has 1 N–H and O–H groups in total. The van der Waals surface area contributed by atoms with Crippen LogP contribution in [0.4, 0.5) is 5.69 Å². The molecule has 0 aliphatic rings. The van der Waals surface area contributed by atoms with Gasteiger partial charge in [0.25, 0.3) is 0 Å². The third-order valence-electron chi connectivity index (χ3n) is 3.48. The Kier molecular flexibility index (Phi) is 4.14. The van der Waals surface area contributed by atoms with Gasteiger partial charge in [-0.25, -0.2) is 0 Å². The second-order valence-electron chi connectivity index (χ2n) is 5.18. The Morgan fingerprint density at radius 2 is 2.09 bits per heavy atom. The first-order chi connectivity index (χ1) is 10.8. The molecule has 112 valence electrons. The average molecular weight is 294 g/mol. The van der Waals surface area contributed by atoms with Gasteiger partial charge in [0.15, 0.2) is 11.5 Å². The fourth-order valence-electron chi connectivity index (χ4n) is 2.34. The van der Waals surface area contributed by atoms with E-state index in [1.165, 1.54) is 0 Å². The molecule has 0 unspecified atom stereocenters. The van der Waals surface area contributed by atoms with E-state index in [4.69, 9.17) is 0 Å². The Balaban J connectivity index is 1.86. The second-order valence-corrected chi connectivity index (χ2v) is 5.18. The molecule has 0 spiro atoms. The highest BCUT2D eigenvalue weighted by Gasteiger charge is 2.09. The van der Waals surface area contributed by atoms with Crippen LogP contribution in [-0.2, 0) is 4.79 Å². The molecular weight excluding hydrogens is 276 g/mol. The highest BCUT2D eigenvalue weighted by Crippen LogP contribution is 2.21. The fraction of sp³-hybridized carbons (Fsp3) is 0.235. The lowest BCUT2D eigenvalue weighted by atomic mass is 10.1. The molecule has 0 aliphatic carbocycles. The number of benzene rings is 1. The summed E-state index contributed by atoms with van der Waals surface area (Å²) in [5, 5.41) is 11.3. The van der Waals surface area contributed by atoms with Gasteiger partial charge >= 0.3 is 0 Å². The molecule has 0 radical (unpaired) electrons. The minimum absolute atomic E-state index is 0.0464. The van der Waals surface area contributed by atoms with Gasteiger partial charge in [0, 0.05) is 23.9 Å². The normalized spacial score (nSPS) is 10.8. The minimum Gasteiger partial charge on any atom is -0.326 e. The van der Waals surface area contributed by atoms with Crippen molar-refractivity contribution in [2.45, 2.75) is 26.2 Å². The highest BCUT2D eigenvalue weighted by molar-refractivity contribution is 5.91. The van der Waals surface area contributed by atoms with Crippen LogP contribution in [0.2, 0.25) is 0 Å². The van der Waals surface area contributed by atoms with Crippen molar-refractivity contribution in [1.82, 2.24) is 14.6 Å². The second kappa shape index (κ2) is 6.39. The third kappa shape index (κ3) is 2.98. The molecule has 1 aromatic carbocycles. The molecule has 2 heterocycles. The van der Waals surface area contributed by atoms with Crippen LogP contribution < -0.4 is 5.32 Å². The number of fused-ring (bicyclic) bond motifs is 1. The molecule has 5 heteroatoms. The molecule has 3 rings (SSSR count). The van der Waals surface area contributed by atoms with Crippen molar-refractivity contribution in [3.63, 3.8) is 0 Å². The molecule has 3 aromatic rings. The fourth-order valence-corrected chi connectivity index (χ4v) is 2.34. The molecule has 0 bridgehead atoms. The van der Waals surface area contributed by atoms with Gasteiger partial charge in [0.05, 0.1) is 0 Å². The Morgan fingerprint density at radius 1 is 1.18 bits per heavy atom. The number of unbranched alkanes of at least 4 members (excludes halogenated alkanes) is 1. The van der Waals surface area contributed by atoms with Gasteiger partial charge in [-0.1, -0.05) is 31.5 Å². The van der Waals surface area contributed by atoms with Gasteiger partial charge in [-0.15, -0.1) is 10.2 Å². The summed E-state index contributed by atoms with van der Waals surface area (Å²) in [6, 6.07) is 13.5. The number of carbonyl (C=O) groups is 1. The maximum atomic E-state index is 11.8. The molecule has 0 atom stereocenters. The number of nitrogens with one attached hydrogen (secondary N) is 1. The summed E-state index contributed by atoms with van der Waals surface area (Å²) in [7, 11) is 0. The van der Waals surface area contributed by atoms with Crippen LogP contribution in [0.3, 0.4) is 0 Å². The van der Waals surface area contributed by atoms with Gasteiger partial charge < -0.3 is 5.32 Å². The maximum absolute atomic E-state index is 11.8. The number of amides is 1. The lowest BCUT2D eigenvalue weighted by molar-refractivity contribution is -0.116. The number of hydrogen-bond donors (Lipinski definition) is 1. The molecule has 0 saturated heterocycles. The molecule has 1 amide bonds. The number of rotatable bonds is 5. The van der Waals surface area contributed by atoms with E-state index in [-0.39, 0.29) is 5.91 Å². The summed E-state index contributed by atoms with van der Waals surface area (Å²) in [6.07, 6.45) is 4.39. The lowest BCUT2D eigenvalue weighted by Gasteiger charge is -2.06. The number of nitrogens with zero attached hydrogens (tertiary/aromatic N) is 3. The molecule has 22 heavy (non-hydrogen) atoms. The van der Waals surface area contributed by atoms with Gasteiger partial charge in [-0.05, 0) is 30.7 Å². The number of pyridine rings is 1. The first-order valence-electron chi connectivity index (χ1n) is 7.48. The van der Waals surface area contributed by atoms with E-state index in [9.17, 15) is 4.79 Å². The van der Waals surface area contributed by atoms with Crippen molar-refractivity contribution in [1.29, 1.82) is 0 Å². The molecule has 0 saturated carbocycles. The maximum Gasteiger partial charge on any atom is 0.224 e. The van der Waals surface area contributed by atoms with Crippen LogP contribution >= 0.6 is 0 Å². The van der Waals surface area contributed by atoms with Crippen LogP contribution in [0.25, 0.3) is 17.0 Å². The van der Waals surface area contributed by atoms with E-state index >= 15 is 0 Å². The quantitative estimate of drug-likeness (QED) is 0.783. The molecule has 5 nitrogen and oxygen atoms in total. The zero-order chi connectivity index (χ0) is 15.4. The topological polar surface area (TPSA) is 59.3 Å². The Labute approximate surface area is 129 Å². The zero-order valence-electron chi connectivity index (χ0n) is 12.5. The van der Waals surface area contributed by atoms with Crippen LogP contribution in [0, 0.1) is 0 Å². The van der Waals surface area contributed by atoms with Gasteiger partial charge in [0.1, 0.15) is 0 Å². The number of carbonyl (C=O) groups excluding carboxylic acids is 1. The van der Waals surface area contributed by atoms with E-state index in [2.05, 4.69) is 22.4 Å². The van der Waals surface area contributed by atoms with E-state index < -0.39 is 0 Å². The average Bonchev–Trinajstić information content (AvgIpc) is 2.97. The first kappa shape index (κ1) is 14.3. The largest absolute Gasteiger partial charge is 0.326 e. The molecule has 0 fully saturated rings. The smallest absolute Gasteiger partial charge is 0.224 e. The Bertz CT molecular complexity index is 794. The van der Waals surface area contributed by atoms with E-state index in [1.54, 1.807) is 0 Å². The summed E-state index contributed by atoms with van der Waals surface area (Å²) in [6.45, 7) is 2.07. The third-order valence-corrected chi connectivity index (χ3v) is 3.48. The SMILES string of the molecule is CCCCC(=O)Nc1cccc(-c2nnc3ccccn23)c1. The first-order valence-corrected chi connectivity index (χ1v) is 7.48. The van der Waals surface area contributed by atoms with Gasteiger partial charge in [-0.3, -0.25) is 9.20 Å². The predicted octanol–water partition coefficient (Wildman–Crippen LogP) is 3.53. The highest BCUT2D eigenvalue weighted by atomic mass is 16.1. The van der Waals surface area contributed by atoms with Crippen molar-refractivity contribution in [2.24, 2.45) is 0 Å². The van der Waals surface area contributed by atoms with Crippen LogP contribution in [0.5, 0.6) is 0 Å². The van der Waals surface area contributed by atoms with E-state index in [1.807, 2.05) is 53.1 Å². The summed E-state index contributed by atoms with van der Waals surface area (Å²) in [5.74, 6) is 0.811. The standard InChI is InChI=1S/C17H18N4O/c1-2-3-10-16(22)18-14-8-6-7-13(12-14)17-20-19-15-9-4-5-11-21(15)17/h4-9,11-12H,2-3,10H2,1H3,(H,18,22). The Hall–Kier alpha value is -2.69. The van der Waals surface area contributed by atoms with Crippen LogP contribution in [0.15, 0.2) is 48.7 Å². The van der Waals surface area contributed by atoms with Crippen molar-refractivity contribution in [2.75, 3.05) is 5.32 Å². The van der Waals surface area contributed by atoms with Crippen molar-refractivity contribution >= 4 is 17.2 Å². The van der Waals surface area contributed by atoms with Crippen molar-refractivity contribution in [3.05, 3.63) is 48.7 Å². The van der Waals surface area contributed by atoms with Crippen LogP contribution in [0.1, 0.15) is 26.2 Å². The molecule has 0 aliphatic heterocycles. The van der Waals surface area contributed by atoms with Gasteiger partial charge in [-0.2, -0.15) is 0 Å². The number of aromatic nitrogens is 3. The van der Waals surface area contributed by atoms with E-state index in [0.29, 0.717) is 6.42 Å². The Morgan fingerprint density at radius 3 is 2.95 bits per heavy atom. The summed E-state index contributed by atoms with van der Waals surface area (Å²) in [4.78, 5) is 11.8. The zero-order valence-corrected chi connectivity index (χ0v) is 12.5. The van der Waals surface area contributed by atoms with Crippen molar-refractivity contribution < 1.29 is 4.79 Å². The van der Waals surface area contributed by atoms with Gasteiger partial charge in [0.2, 0.25) is 5.91 Å². The summed E-state index contributed by atoms with van der Waals surface area (Å²) >= 11 is 0. The summed E-state index contributed by atoms with van der Waals surface area (Å²) < 4.78 is 1.93. The van der Waals surface area contributed by atoms with Crippen molar-refractivity contribution in [3.8, 4) is 11.4 Å². The number of hydrogen-bond acceptors (Lipinski definition) is 3. The van der Waals surface area contributed by atoms with Crippen LogP contribution in [-0.4, -0.2) is 20.5 Å². The predicted molar refractivity (Wildman–Crippen MR) is 86.6 cm³/mol. The number of anilines is 1. The lowest BCUT2D eigenvalue weighted by Crippen LogP contribution is -2.10. The molecule has 2 aromatic heterocycles. The minimum atomic E-state index is 0.0464. The van der Waals surface area contributed by atoms with E-state index in [0.717, 1.165) is 35.6 Å². The summed E-state index contributed by atoms with van der Waals surface area (Å²) in [5.41, 5.74) is 2.51. The monoisotopic (exact) mass is 294 g/mol.